The molecule has 3 rings (SSSR count). The van der Waals surface area contributed by atoms with Crippen LogP contribution < -0.4 is 0 Å². The third-order valence-corrected chi connectivity index (χ3v) is 4.00. The number of rotatable bonds is 4. The first kappa shape index (κ1) is 15.0. The normalized spacial score (nSPS) is 16.3. The molecule has 114 valence electrons. The topological polar surface area (TPSA) is 31.7 Å². The van der Waals surface area contributed by atoms with E-state index in [1.54, 1.807) is 12.4 Å². The number of hydrogen-bond acceptors (Lipinski definition) is 4. The van der Waals surface area contributed by atoms with Gasteiger partial charge in [-0.25, -0.2) is 0 Å². The summed E-state index contributed by atoms with van der Waals surface area (Å²) >= 11 is 5.92. The van der Waals surface area contributed by atoms with Crippen molar-refractivity contribution in [2.24, 2.45) is 5.10 Å². The van der Waals surface area contributed by atoms with E-state index >= 15 is 0 Å². The number of nitrogens with zero attached hydrogens (tertiary/aromatic N) is 4. The maximum atomic E-state index is 5.92. The highest BCUT2D eigenvalue weighted by Crippen LogP contribution is 2.13. The first-order valence-electron chi connectivity index (χ1n) is 7.45. The third kappa shape index (κ3) is 4.29. The lowest BCUT2D eigenvalue weighted by Gasteiger charge is -2.33. The van der Waals surface area contributed by atoms with Crippen LogP contribution in [-0.2, 0) is 6.54 Å². The average molecular weight is 315 g/mol. The predicted molar refractivity (Wildman–Crippen MR) is 90.1 cm³/mol. The van der Waals surface area contributed by atoms with Gasteiger partial charge in [-0.15, -0.1) is 0 Å². The number of halogens is 1. The first-order chi connectivity index (χ1) is 10.8. The smallest absolute Gasteiger partial charge is 0.0544 e. The van der Waals surface area contributed by atoms with E-state index in [1.807, 2.05) is 30.5 Å². The summed E-state index contributed by atoms with van der Waals surface area (Å²) in [5.41, 5.74) is 2.39. The Morgan fingerprint density at radius 1 is 1.00 bits per heavy atom. The number of hydrogen-bond donors (Lipinski definition) is 0. The van der Waals surface area contributed by atoms with Crippen molar-refractivity contribution >= 4 is 17.8 Å². The fraction of sp³-hybridized carbons (Fsp3) is 0.294. The van der Waals surface area contributed by atoms with Gasteiger partial charge in [0.05, 0.1) is 6.21 Å². The molecular formula is C17H19ClN4. The second-order valence-electron chi connectivity index (χ2n) is 5.38. The van der Waals surface area contributed by atoms with Gasteiger partial charge in [-0.3, -0.25) is 14.9 Å². The predicted octanol–water partition coefficient (Wildman–Crippen LogP) is 2.89. The van der Waals surface area contributed by atoms with Crippen molar-refractivity contribution in [3.05, 3.63) is 64.9 Å². The lowest BCUT2D eigenvalue weighted by atomic mass is 10.2. The zero-order valence-electron chi connectivity index (χ0n) is 12.4. The van der Waals surface area contributed by atoms with Gasteiger partial charge in [-0.2, -0.15) is 5.10 Å². The van der Waals surface area contributed by atoms with Crippen LogP contribution in [0.15, 0.2) is 53.9 Å². The van der Waals surface area contributed by atoms with Gasteiger partial charge >= 0.3 is 0 Å². The number of aromatic nitrogens is 1. The summed E-state index contributed by atoms with van der Waals surface area (Å²) in [7, 11) is 0. The molecular weight excluding hydrogens is 296 g/mol. The van der Waals surface area contributed by atoms with Crippen molar-refractivity contribution in [1.29, 1.82) is 0 Å². The van der Waals surface area contributed by atoms with Crippen molar-refractivity contribution in [1.82, 2.24) is 14.9 Å². The van der Waals surface area contributed by atoms with Crippen molar-refractivity contribution in [2.75, 3.05) is 26.2 Å². The molecule has 0 saturated carbocycles. The summed E-state index contributed by atoms with van der Waals surface area (Å²) in [5, 5.41) is 7.46. The second kappa shape index (κ2) is 7.38. The molecule has 1 aliphatic heterocycles. The summed E-state index contributed by atoms with van der Waals surface area (Å²) in [6.07, 6.45) is 5.47. The highest BCUT2D eigenvalue weighted by Gasteiger charge is 2.15. The molecule has 5 heteroatoms. The molecule has 0 N–H and O–H groups in total. The van der Waals surface area contributed by atoms with Gasteiger partial charge in [0.2, 0.25) is 0 Å². The van der Waals surface area contributed by atoms with E-state index in [4.69, 9.17) is 11.6 Å². The van der Waals surface area contributed by atoms with E-state index in [1.165, 1.54) is 5.56 Å². The van der Waals surface area contributed by atoms with Gasteiger partial charge < -0.3 is 0 Å². The lowest BCUT2D eigenvalue weighted by Crippen LogP contribution is -2.43. The highest BCUT2D eigenvalue weighted by molar-refractivity contribution is 6.30. The molecule has 0 aliphatic carbocycles. The number of benzene rings is 1. The molecule has 0 spiro atoms. The Morgan fingerprint density at radius 2 is 1.68 bits per heavy atom. The monoisotopic (exact) mass is 314 g/mol. The molecule has 1 saturated heterocycles. The molecule has 2 heterocycles. The Hall–Kier alpha value is -1.91. The fourth-order valence-corrected chi connectivity index (χ4v) is 2.58. The summed E-state index contributed by atoms with van der Waals surface area (Å²) in [4.78, 5) is 6.45. The molecule has 2 aromatic rings. The van der Waals surface area contributed by atoms with Gasteiger partial charge in [0.25, 0.3) is 0 Å². The molecule has 4 nitrogen and oxygen atoms in total. The van der Waals surface area contributed by atoms with Crippen LogP contribution >= 0.6 is 11.6 Å². The molecule has 1 fully saturated rings. The van der Waals surface area contributed by atoms with E-state index in [0.29, 0.717) is 0 Å². The number of hydrazone groups is 1. The maximum Gasteiger partial charge on any atom is 0.0544 e. The SMILES string of the molecule is Clc1ccc(CN2CCN(/N=C\c3ccncc3)CC2)cc1. The van der Waals surface area contributed by atoms with Crippen molar-refractivity contribution in [3.63, 3.8) is 0 Å². The molecule has 1 aromatic heterocycles. The van der Waals surface area contributed by atoms with Crippen LogP contribution in [-0.4, -0.2) is 47.3 Å². The minimum atomic E-state index is 0.791. The molecule has 22 heavy (non-hydrogen) atoms. The number of pyridine rings is 1. The highest BCUT2D eigenvalue weighted by atomic mass is 35.5. The maximum absolute atomic E-state index is 5.92. The third-order valence-electron chi connectivity index (χ3n) is 3.74. The molecule has 0 atom stereocenters. The van der Waals surface area contributed by atoms with Crippen molar-refractivity contribution in [2.45, 2.75) is 6.54 Å². The van der Waals surface area contributed by atoms with Crippen LogP contribution in [0.5, 0.6) is 0 Å². The van der Waals surface area contributed by atoms with Gasteiger partial charge in [-0.05, 0) is 35.4 Å². The second-order valence-corrected chi connectivity index (χ2v) is 5.82. The van der Waals surface area contributed by atoms with E-state index in [9.17, 15) is 0 Å². The Balaban J connectivity index is 1.48. The summed E-state index contributed by atoms with van der Waals surface area (Å²) < 4.78 is 0. The van der Waals surface area contributed by atoms with E-state index in [0.717, 1.165) is 43.3 Å². The van der Waals surface area contributed by atoms with Crippen LogP contribution in [0, 0.1) is 0 Å². The molecule has 0 unspecified atom stereocenters. The van der Waals surface area contributed by atoms with Crippen LogP contribution in [0.3, 0.4) is 0 Å². The lowest BCUT2D eigenvalue weighted by molar-refractivity contribution is 0.131. The van der Waals surface area contributed by atoms with Crippen LogP contribution in [0.2, 0.25) is 5.02 Å². The fourth-order valence-electron chi connectivity index (χ4n) is 2.46. The van der Waals surface area contributed by atoms with Gasteiger partial charge in [0.1, 0.15) is 0 Å². The zero-order chi connectivity index (χ0) is 15.2. The Kier molecular flexibility index (Phi) is 5.03. The molecule has 1 aliphatic rings. The summed E-state index contributed by atoms with van der Waals surface area (Å²) in [6.45, 7) is 4.93. The van der Waals surface area contributed by atoms with E-state index < -0.39 is 0 Å². The first-order valence-corrected chi connectivity index (χ1v) is 7.83. The van der Waals surface area contributed by atoms with Gasteiger partial charge in [0.15, 0.2) is 0 Å². The van der Waals surface area contributed by atoms with Gasteiger partial charge in [0, 0.05) is 50.1 Å². The molecule has 1 aromatic carbocycles. The standard InChI is InChI=1S/C17H19ClN4/c18-17-3-1-16(2-4-17)14-21-9-11-22(12-10-21)20-13-15-5-7-19-8-6-15/h1-8,13H,9-12,14H2/b20-13-. The van der Waals surface area contributed by atoms with E-state index in [2.05, 4.69) is 32.1 Å². The average Bonchev–Trinajstić information content (AvgIpc) is 2.57. The van der Waals surface area contributed by atoms with Crippen LogP contribution in [0.1, 0.15) is 11.1 Å². The van der Waals surface area contributed by atoms with Crippen LogP contribution in [0.25, 0.3) is 0 Å². The van der Waals surface area contributed by atoms with Crippen molar-refractivity contribution in [3.8, 4) is 0 Å². The van der Waals surface area contributed by atoms with Gasteiger partial charge in [-0.1, -0.05) is 23.7 Å². The van der Waals surface area contributed by atoms with Crippen LogP contribution in [0.4, 0.5) is 0 Å². The molecule has 0 bridgehead atoms. The quantitative estimate of drug-likeness (QED) is 0.813. The Bertz CT molecular complexity index is 604. The number of piperazine rings is 1. The van der Waals surface area contributed by atoms with Crippen molar-refractivity contribution < 1.29 is 0 Å². The Morgan fingerprint density at radius 3 is 2.36 bits per heavy atom. The summed E-state index contributed by atoms with van der Waals surface area (Å²) in [5.74, 6) is 0. The zero-order valence-corrected chi connectivity index (χ0v) is 13.2. The minimum absolute atomic E-state index is 0.791. The Labute approximate surface area is 136 Å². The minimum Gasteiger partial charge on any atom is -0.295 e. The largest absolute Gasteiger partial charge is 0.295 e. The molecule has 0 amide bonds. The summed E-state index contributed by atoms with van der Waals surface area (Å²) in [6, 6.07) is 12.0. The molecule has 0 radical (unpaired) electrons. The van der Waals surface area contributed by atoms with E-state index in [-0.39, 0.29) is 0 Å².